The summed E-state index contributed by atoms with van der Waals surface area (Å²) in [6.45, 7) is 5.11. The molecule has 1 saturated heterocycles. The normalized spacial score (nSPS) is 19.2. The van der Waals surface area contributed by atoms with Crippen molar-refractivity contribution in [3.05, 3.63) is 76.7 Å². The number of esters is 1. The number of hydrogen-bond donors (Lipinski definition) is 2. The third-order valence-electron chi connectivity index (χ3n) is 6.23. The molecule has 0 aromatic heterocycles. The number of nitrogens with zero attached hydrogens (tertiary/aromatic N) is 2. The smallest absolute Gasteiger partial charge is 0.338 e. The second-order valence-corrected chi connectivity index (χ2v) is 8.23. The molecule has 1 fully saturated rings. The highest BCUT2D eigenvalue weighted by atomic mass is 19.1. The van der Waals surface area contributed by atoms with E-state index in [9.17, 15) is 14.0 Å². The maximum absolute atomic E-state index is 14.1. The average Bonchev–Trinajstić information content (AvgIpc) is 2.84. The first-order valence-corrected chi connectivity index (χ1v) is 11.2. The summed E-state index contributed by atoms with van der Waals surface area (Å²) in [5.41, 5.74) is 3.53. The number of benzene rings is 2. The number of urea groups is 1. The highest BCUT2D eigenvalue weighted by Gasteiger charge is 2.34. The van der Waals surface area contributed by atoms with Crippen molar-refractivity contribution >= 4 is 17.7 Å². The highest BCUT2D eigenvalue weighted by Crippen LogP contribution is 2.29. The first kappa shape index (κ1) is 22.8. The van der Waals surface area contributed by atoms with Gasteiger partial charge in [-0.15, -0.1) is 0 Å². The lowest BCUT2D eigenvalue weighted by Crippen LogP contribution is -2.51. The van der Waals surface area contributed by atoms with Crippen LogP contribution in [0.1, 0.15) is 24.1 Å². The molecule has 2 heterocycles. The van der Waals surface area contributed by atoms with Gasteiger partial charge in [0, 0.05) is 38.4 Å². The number of amides is 2. The van der Waals surface area contributed by atoms with Crippen LogP contribution in [0.4, 0.5) is 14.9 Å². The fourth-order valence-corrected chi connectivity index (χ4v) is 4.37. The Labute approximate surface area is 193 Å². The Hall–Kier alpha value is -3.39. The molecule has 2 aromatic carbocycles. The summed E-state index contributed by atoms with van der Waals surface area (Å²) >= 11 is 0. The van der Waals surface area contributed by atoms with E-state index in [4.69, 9.17) is 4.74 Å². The zero-order valence-corrected chi connectivity index (χ0v) is 18.9. The van der Waals surface area contributed by atoms with Gasteiger partial charge in [-0.3, -0.25) is 4.90 Å². The topological polar surface area (TPSA) is 73.9 Å². The second-order valence-electron chi connectivity index (χ2n) is 8.23. The Morgan fingerprint density at radius 3 is 2.42 bits per heavy atom. The van der Waals surface area contributed by atoms with Crippen LogP contribution in [-0.4, -0.2) is 56.7 Å². The molecule has 174 valence electrons. The maximum Gasteiger partial charge on any atom is 0.338 e. The fraction of sp³-hybridized carbons (Fsp3) is 0.360. The summed E-state index contributed by atoms with van der Waals surface area (Å²) in [6.07, 6.45) is 0.905. The summed E-state index contributed by atoms with van der Waals surface area (Å²) in [7, 11) is 1.34. The Morgan fingerprint density at radius 1 is 1.09 bits per heavy atom. The van der Waals surface area contributed by atoms with Gasteiger partial charge in [0.1, 0.15) is 5.82 Å². The summed E-state index contributed by atoms with van der Waals surface area (Å²) in [4.78, 5) is 29.4. The predicted molar refractivity (Wildman–Crippen MR) is 124 cm³/mol. The molecule has 2 aromatic rings. The van der Waals surface area contributed by atoms with Gasteiger partial charge < -0.3 is 20.3 Å². The summed E-state index contributed by atoms with van der Waals surface area (Å²) < 4.78 is 19.2. The number of ether oxygens (including phenoxy) is 1. The Kier molecular flexibility index (Phi) is 6.93. The van der Waals surface area contributed by atoms with Gasteiger partial charge in [-0.1, -0.05) is 43.3 Å². The van der Waals surface area contributed by atoms with Crippen molar-refractivity contribution < 1.29 is 18.7 Å². The van der Waals surface area contributed by atoms with E-state index in [2.05, 4.69) is 22.5 Å². The van der Waals surface area contributed by atoms with Crippen molar-refractivity contribution in [2.24, 2.45) is 0 Å². The third kappa shape index (κ3) is 5.01. The van der Waals surface area contributed by atoms with Gasteiger partial charge in [0.25, 0.3) is 0 Å². The number of halogens is 1. The fourth-order valence-electron chi connectivity index (χ4n) is 4.37. The highest BCUT2D eigenvalue weighted by molar-refractivity contribution is 5.95. The zero-order chi connectivity index (χ0) is 23.4. The molecule has 2 aliphatic rings. The molecule has 4 rings (SSSR count). The number of carbonyl (C=O) groups excluding carboxylic acids is 2. The van der Waals surface area contributed by atoms with Gasteiger partial charge in [0.2, 0.25) is 0 Å². The second kappa shape index (κ2) is 10.0. The van der Waals surface area contributed by atoms with Crippen molar-refractivity contribution in [1.29, 1.82) is 0 Å². The molecule has 2 aliphatic heterocycles. The molecule has 0 saturated carbocycles. The van der Waals surface area contributed by atoms with E-state index in [1.165, 1.54) is 18.7 Å². The lowest BCUT2D eigenvalue weighted by Gasteiger charge is -2.38. The molecule has 8 heteroatoms. The SMILES string of the molecule is CCc1ccc([C@@H]2NC(=O)NC(CN3CCN(c4ccccc4F)CC3)=C2C(=O)OC)cc1. The molecular formula is C25H29FN4O3. The summed E-state index contributed by atoms with van der Waals surface area (Å²) in [6, 6.07) is 13.7. The monoisotopic (exact) mass is 452 g/mol. The van der Waals surface area contributed by atoms with Gasteiger partial charge in [-0.2, -0.15) is 0 Å². The molecule has 0 bridgehead atoms. The number of nitrogens with one attached hydrogen (secondary N) is 2. The molecule has 7 nitrogen and oxygen atoms in total. The lowest BCUT2D eigenvalue weighted by molar-refractivity contribution is -0.136. The molecule has 0 radical (unpaired) electrons. The molecular weight excluding hydrogens is 423 g/mol. The Morgan fingerprint density at radius 2 is 1.79 bits per heavy atom. The number of rotatable bonds is 6. The lowest BCUT2D eigenvalue weighted by atomic mass is 9.94. The van der Waals surface area contributed by atoms with E-state index in [0.717, 1.165) is 12.0 Å². The van der Waals surface area contributed by atoms with E-state index in [1.54, 1.807) is 12.1 Å². The molecule has 2 N–H and O–H groups in total. The van der Waals surface area contributed by atoms with E-state index in [0.29, 0.717) is 49.7 Å². The Balaban J connectivity index is 1.54. The minimum Gasteiger partial charge on any atom is -0.466 e. The molecule has 2 amide bonds. The van der Waals surface area contributed by atoms with Crippen molar-refractivity contribution in [2.45, 2.75) is 19.4 Å². The number of aryl methyl sites for hydroxylation is 1. The van der Waals surface area contributed by atoms with Crippen LogP contribution in [0.2, 0.25) is 0 Å². The zero-order valence-electron chi connectivity index (χ0n) is 18.9. The largest absolute Gasteiger partial charge is 0.466 e. The molecule has 33 heavy (non-hydrogen) atoms. The standard InChI is InChI=1S/C25H29FN4O3/c1-3-17-8-10-18(11-9-17)23-22(24(31)33-2)20(27-25(32)28-23)16-29-12-14-30(15-13-29)21-7-5-4-6-19(21)26/h4-11,23H,3,12-16H2,1-2H3,(H2,27,28,32)/t23-/m0/s1. The van der Waals surface area contributed by atoms with Gasteiger partial charge in [-0.25, -0.2) is 14.0 Å². The van der Waals surface area contributed by atoms with Gasteiger partial charge in [-0.05, 0) is 29.7 Å². The van der Waals surface area contributed by atoms with Crippen LogP contribution in [0.3, 0.4) is 0 Å². The first-order valence-electron chi connectivity index (χ1n) is 11.2. The van der Waals surface area contributed by atoms with Crippen LogP contribution >= 0.6 is 0 Å². The molecule has 0 aliphatic carbocycles. The maximum atomic E-state index is 14.1. The van der Waals surface area contributed by atoms with Crippen LogP contribution < -0.4 is 15.5 Å². The average molecular weight is 453 g/mol. The minimum absolute atomic E-state index is 0.232. The van der Waals surface area contributed by atoms with Crippen LogP contribution in [-0.2, 0) is 16.0 Å². The van der Waals surface area contributed by atoms with E-state index in [-0.39, 0.29) is 11.8 Å². The van der Waals surface area contributed by atoms with Crippen LogP contribution in [0, 0.1) is 5.82 Å². The first-order chi connectivity index (χ1) is 16.0. The minimum atomic E-state index is -0.591. The third-order valence-corrected chi connectivity index (χ3v) is 6.23. The van der Waals surface area contributed by atoms with Crippen LogP contribution in [0.15, 0.2) is 59.8 Å². The van der Waals surface area contributed by atoms with Crippen LogP contribution in [0.5, 0.6) is 0 Å². The molecule has 1 atom stereocenters. The number of para-hydroxylation sites is 1. The van der Waals surface area contributed by atoms with Crippen molar-refractivity contribution in [3.63, 3.8) is 0 Å². The van der Waals surface area contributed by atoms with Gasteiger partial charge in [0.05, 0.1) is 24.4 Å². The molecule has 0 unspecified atom stereocenters. The van der Waals surface area contributed by atoms with Gasteiger partial charge >= 0.3 is 12.0 Å². The van der Waals surface area contributed by atoms with E-state index >= 15 is 0 Å². The summed E-state index contributed by atoms with van der Waals surface area (Å²) in [5, 5.41) is 5.68. The van der Waals surface area contributed by atoms with Crippen LogP contribution in [0.25, 0.3) is 0 Å². The van der Waals surface area contributed by atoms with E-state index < -0.39 is 12.0 Å². The predicted octanol–water partition coefficient (Wildman–Crippen LogP) is 2.99. The summed E-state index contributed by atoms with van der Waals surface area (Å²) in [5.74, 6) is -0.712. The number of piperazine rings is 1. The van der Waals surface area contributed by atoms with E-state index in [1.807, 2.05) is 35.2 Å². The van der Waals surface area contributed by atoms with Gasteiger partial charge in [0.15, 0.2) is 0 Å². The number of methoxy groups -OCH3 is 1. The molecule has 0 spiro atoms. The number of hydrogen-bond acceptors (Lipinski definition) is 5. The quantitative estimate of drug-likeness (QED) is 0.660. The van der Waals surface area contributed by atoms with Crippen molar-refractivity contribution in [3.8, 4) is 0 Å². The Bertz CT molecular complexity index is 1050. The van der Waals surface area contributed by atoms with Crippen molar-refractivity contribution in [1.82, 2.24) is 15.5 Å². The number of anilines is 1. The van der Waals surface area contributed by atoms with Crippen molar-refractivity contribution in [2.75, 3.05) is 44.7 Å². The number of carbonyl (C=O) groups is 2.